The second-order valence-electron chi connectivity index (χ2n) is 8.41. The number of hydrogen-bond acceptors (Lipinski definition) is 5. The lowest BCUT2D eigenvalue weighted by molar-refractivity contribution is -0.131. The normalized spacial score (nSPS) is 27.3. The number of ether oxygens (including phenoxy) is 2. The molecule has 1 aliphatic carbocycles. The van der Waals surface area contributed by atoms with Gasteiger partial charge in [0.2, 0.25) is 5.91 Å². The van der Waals surface area contributed by atoms with E-state index >= 15 is 0 Å². The van der Waals surface area contributed by atoms with E-state index in [0.717, 1.165) is 11.3 Å². The minimum atomic E-state index is -0.564. The Kier molecular flexibility index (Phi) is 5.68. The minimum Gasteiger partial charge on any atom is -0.493 e. The molecule has 1 saturated carbocycles. The molecule has 0 unspecified atom stereocenters. The maximum atomic E-state index is 12.5. The number of aliphatic hydroxyl groups is 1. The quantitative estimate of drug-likeness (QED) is 0.762. The highest BCUT2D eigenvalue weighted by Crippen LogP contribution is 2.47. The molecule has 2 fully saturated rings. The summed E-state index contributed by atoms with van der Waals surface area (Å²) in [6.45, 7) is 7.25. The van der Waals surface area contributed by atoms with Crippen LogP contribution in [-0.2, 0) is 4.79 Å². The molecule has 1 saturated heterocycles. The Morgan fingerprint density at radius 1 is 1.37 bits per heavy atom. The van der Waals surface area contributed by atoms with Crippen molar-refractivity contribution < 1.29 is 19.4 Å². The molecule has 1 heterocycles. The SMILES string of the molecule is COc1ccc([C@@H]2CN(C(=O)[C@H](C)N)C[C@@]2(C)[C@@H](C)O)cc1OCC1CC1. The summed E-state index contributed by atoms with van der Waals surface area (Å²) in [5.74, 6) is 2.00. The van der Waals surface area contributed by atoms with Crippen molar-refractivity contribution in [2.75, 3.05) is 26.8 Å². The molecule has 1 amide bonds. The van der Waals surface area contributed by atoms with Crippen LogP contribution in [0.15, 0.2) is 18.2 Å². The summed E-state index contributed by atoms with van der Waals surface area (Å²) < 4.78 is 11.5. The van der Waals surface area contributed by atoms with Gasteiger partial charge in [-0.25, -0.2) is 0 Å². The number of amides is 1. The van der Waals surface area contributed by atoms with E-state index < -0.39 is 17.6 Å². The van der Waals surface area contributed by atoms with E-state index in [4.69, 9.17) is 15.2 Å². The molecular formula is C21H32N2O4. The molecule has 0 radical (unpaired) electrons. The van der Waals surface area contributed by atoms with Crippen LogP contribution in [0.2, 0.25) is 0 Å². The van der Waals surface area contributed by atoms with Crippen LogP contribution in [0.3, 0.4) is 0 Å². The van der Waals surface area contributed by atoms with Crippen LogP contribution in [0.1, 0.15) is 45.1 Å². The molecule has 1 aliphatic heterocycles. The van der Waals surface area contributed by atoms with Crippen molar-refractivity contribution in [2.24, 2.45) is 17.1 Å². The van der Waals surface area contributed by atoms with Gasteiger partial charge in [0.15, 0.2) is 11.5 Å². The second kappa shape index (κ2) is 7.68. The number of carbonyl (C=O) groups is 1. The van der Waals surface area contributed by atoms with Crippen molar-refractivity contribution in [3.8, 4) is 11.5 Å². The predicted molar refractivity (Wildman–Crippen MR) is 104 cm³/mol. The van der Waals surface area contributed by atoms with Crippen LogP contribution < -0.4 is 15.2 Å². The fourth-order valence-corrected chi connectivity index (χ4v) is 3.90. The summed E-state index contributed by atoms with van der Waals surface area (Å²) in [5.41, 5.74) is 6.40. The van der Waals surface area contributed by atoms with Crippen molar-refractivity contribution in [3.05, 3.63) is 23.8 Å². The minimum absolute atomic E-state index is 0.00520. The van der Waals surface area contributed by atoms with E-state index in [1.54, 1.807) is 25.9 Å². The molecule has 6 nitrogen and oxygen atoms in total. The Bertz CT molecular complexity index is 687. The van der Waals surface area contributed by atoms with Gasteiger partial charge >= 0.3 is 0 Å². The largest absolute Gasteiger partial charge is 0.493 e. The summed E-state index contributed by atoms with van der Waals surface area (Å²) in [4.78, 5) is 14.2. The lowest BCUT2D eigenvalue weighted by atomic mass is 9.72. The molecule has 27 heavy (non-hydrogen) atoms. The van der Waals surface area contributed by atoms with Crippen molar-refractivity contribution >= 4 is 5.91 Å². The van der Waals surface area contributed by atoms with Crippen LogP contribution in [0.25, 0.3) is 0 Å². The second-order valence-corrected chi connectivity index (χ2v) is 8.41. The van der Waals surface area contributed by atoms with Gasteiger partial charge in [0.1, 0.15) is 0 Å². The van der Waals surface area contributed by atoms with Gasteiger partial charge < -0.3 is 25.2 Å². The van der Waals surface area contributed by atoms with Crippen molar-refractivity contribution in [1.82, 2.24) is 4.90 Å². The number of benzene rings is 1. The zero-order valence-electron chi connectivity index (χ0n) is 16.8. The summed E-state index contributed by atoms with van der Waals surface area (Å²) in [5, 5.41) is 10.5. The average Bonchev–Trinajstić information content (AvgIpc) is 3.40. The van der Waals surface area contributed by atoms with Gasteiger partial charge in [-0.3, -0.25) is 4.79 Å². The number of aliphatic hydroxyl groups excluding tert-OH is 1. The molecule has 4 atom stereocenters. The van der Waals surface area contributed by atoms with E-state index in [-0.39, 0.29) is 11.8 Å². The zero-order valence-corrected chi connectivity index (χ0v) is 16.8. The lowest BCUT2D eigenvalue weighted by Crippen LogP contribution is -2.43. The van der Waals surface area contributed by atoms with E-state index in [1.165, 1.54) is 12.8 Å². The third-order valence-electron chi connectivity index (χ3n) is 6.15. The van der Waals surface area contributed by atoms with Crippen molar-refractivity contribution in [1.29, 1.82) is 0 Å². The standard InChI is InChI=1S/C21H32N2O4/c1-13(22)20(25)23-10-17(21(3,12-23)14(2)24)16-7-8-18(26-4)19(9-16)27-11-15-5-6-15/h7-9,13-15,17,24H,5-6,10-12,22H2,1-4H3/t13-,14+,17-,21-/m0/s1. The molecule has 3 N–H and O–H groups in total. The topological polar surface area (TPSA) is 85.0 Å². The first kappa shape index (κ1) is 20.0. The van der Waals surface area contributed by atoms with Crippen molar-refractivity contribution in [2.45, 2.75) is 51.7 Å². The smallest absolute Gasteiger partial charge is 0.239 e. The highest BCUT2D eigenvalue weighted by molar-refractivity contribution is 5.81. The number of likely N-dealkylation sites (tertiary alicyclic amines) is 1. The number of hydrogen-bond donors (Lipinski definition) is 2. The third kappa shape index (κ3) is 4.06. The van der Waals surface area contributed by atoms with Crippen LogP contribution in [0.5, 0.6) is 11.5 Å². The molecule has 1 aromatic rings. The molecular weight excluding hydrogens is 344 g/mol. The van der Waals surface area contributed by atoms with Gasteiger partial charge in [0.25, 0.3) is 0 Å². The van der Waals surface area contributed by atoms with Crippen LogP contribution in [0.4, 0.5) is 0 Å². The number of methoxy groups -OCH3 is 1. The Hall–Kier alpha value is -1.79. The van der Waals surface area contributed by atoms with E-state index in [2.05, 4.69) is 0 Å². The molecule has 6 heteroatoms. The lowest BCUT2D eigenvalue weighted by Gasteiger charge is -2.34. The Morgan fingerprint density at radius 3 is 2.63 bits per heavy atom. The van der Waals surface area contributed by atoms with E-state index in [1.807, 2.05) is 25.1 Å². The Balaban J connectivity index is 1.89. The number of rotatable bonds is 7. The van der Waals surface area contributed by atoms with Crippen LogP contribution in [-0.4, -0.2) is 54.9 Å². The highest BCUT2D eigenvalue weighted by atomic mass is 16.5. The zero-order chi connectivity index (χ0) is 19.8. The molecule has 1 aromatic carbocycles. The van der Waals surface area contributed by atoms with Gasteiger partial charge in [-0.15, -0.1) is 0 Å². The Labute approximate surface area is 161 Å². The predicted octanol–water partition coefficient (Wildman–Crippen LogP) is 2.14. The summed E-state index contributed by atoms with van der Waals surface area (Å²) >= 11 is 0. The molecule has 0 spiro atoms. The summed E-state index contributed by atoms with van der Waals surface area (Å²) in [6.07, 6.45) is 1.88. The first-order chi connectivity index (χ1) is 12.8. The van der Waals surface area contributed by atoms with Gasteiger partial charge in [-0.2, -0.15) is 0 Å². The monoisotopic (exact) mass is 376 g/mol. The maximum Gasteiger partial charge on any atom is 0.239 e. The summed E-state index contributed by atoms with van der Waals surface area (Å²) in [7, 11) is 1.64. The van der Waals surface area contributed by atoms with Gasteiger partial charge in [0.05, 0.1) is 25.9 Å². The maximum absolute atomic E-state index is 12.5. The average molecular weight is 376 g/mol. The molecule has 2 aliphatic rings. The van der Waals surface area contributed by atoms with E-state index in [0.29, 0.717) is 31.4 Å². The fraction of sp³-hybridized carbons (Fsp3) is 0.667. The molecule has 0 bridgehead atoms. The number of nitrogens with two attached hydrogens (primary N) is 1. The fourth-order valence-electron chi connectivity index (χ4n) is 3.90. The number of nitrogens with zero attached hydrogens (tertiary/aromatic N) is 1. The molecule has 0 aromatic heterocycles. The highest BCUT2D eigenvalue weighted by Gasteiger charge is 2.48. The first-order valence-electron chi connectivity index (χ1n) is 9.79. The van der Waals surface area contributed by atoms with Crippen LogP contribution >= 0.6 is 0 Å². The third-order valence-corrected chi connectivity index (χ3v) is 6.15. The van der Waals surface area contributed by atoms with Gasteiger partial charge in [-0.1, -0.05) is 13.0 Å². The van der Waals surface area contributed by atoms with Gasteiger partial charge in [0, 0.05) is 24.4 Å². The molecule has 3 rings (SSSR count). The number of carbonyl (C=O) groups excluding carboxylic acids is 1. The van der Waals surface area contributed by atoms with Crippen molar-refractivity contribution in [3.63, 3.8) is 0 Å². The first-order valence-corrected chi connectivity index (χ1v) is 9.79. The van der Waals surface area contributed by atoms with E-state index in [9.17, 15) is 9.90 Å². The Morgan fingerprint density at radius 2 is 2.07 bits per heavy atom. The summed E-state index contributed by atoms with van der Waals surface area (Å²) in [6, 6.07) is 5.38. The van der Waals surface area contributed by atoms with Gasteiger partial charge in [-0.05, 0) is 50.3 Å². The molecule has 150 valence electrons. The van der Waals surface area contributed by atoms with Crippen LogP contribution in [0, 0.1) is 11.3 Å².